The molecule has 0 aromatic heterocycles. The molecule has 0 bridgehead atoms. The zero-order valence-corrected chi connectivity index (χ0v) is 28.1. The predicted molar refractivity (Wildman–Crippen MR) is 172 cm³/mol. The fourth-order valence-corrected chi connectivity index (χ4v) is 4.10. The van der Waals surface area contributed by atoms with Gasteiger partial charge in [0.05, 0.1) is 16.9 Å². The van der Waals surface area contributed by atoms with Gasteiger partial charge in [-0.3, -0.25) is 14.4 Å². The van der Waals surface area contributed by atoms with E-state index in [1.807, 2.05) is 19.9 Å². The van der Waals surface area contributed by atoms with Crippen LogP contribution in [0.1, 0.15) is 109 Å². The Bertz CT molecular complexity index is 1290. The van der Waals surface area contributed by atoms with Crippen LogP contribution >= 0.6 is 0 Å². The molecule has 8 heteroatoms. The summed E-state index contributed by atoms with van der Waals surface area (Å²) in [6.07, 6.45) is 6.32. The number of carbonyl (C=O) groups is 3. The average Bonchev–Trinajstić information content (AvgIpc) is 2.93. The molecule has 2 rings (SSSR count). The summed E-state index contributed by atoms with van der Waals surface area (Å²) in [5, 5.41) is 0. The molecule has 8 nitrogen and oxygen atoms in total. The highest BCUT2D eigenvalue weighted by molar-refractivity contribution is 6.07. The predicted octanol–water partition coefficient (Wildman–Crippen LogP) is 8.13. The Morgan fingerprint density at radius 2 is 1.32 bits per heavy atom. The summed E-state index contributed by atoms with van der Waals surface area (Å²) in [6, 6.07) is 8.65. The molecule has 2 aromatic rings. The van der Waals surface area contributed by atoms with Gasteiger partial charge in [-0.1, -0.05) is 26.7 Å². The molecule has 0 aliphatic carbocycles. The fourth-order valence-electron chi connectivity index (χ4n) is 4.10. The number of ketones is 1. The summed E-state index contributed by atoms with van der Waals surface area (Å²) in [6.45, 7) is 18.4. The second-order valence-corrected chi connectivity index (χ2v) is 13.0. The minimum absolute atomic E-state index is 0.118. The summed E-state index contributed by atoms with van der Waals surface area (Å²) in [5.41, 5.74) is 1.85. The van der Waals surface area contributed by atoms with Crippen LogP contribution in [0.2, 0.25) is 0 Å². The molecule has 0 saturated carbocycles. The lowest BCUT2D eigenvalue weighted by Crippen LogP contribution is -2.25. The molecule has 0 unspecified atom stereocenters. The van der Waals surface area contributed by atoms with Gasteiger partial charge in [-0.25, -0.2) is 0 Å². The highest BCUT2D eigenvalue weighted by Gasteiger charge is 2.25. The number of rotatable bonds is 15. The van der Waals surface area contributed by atoms with E-state index in [9.17, 15) is 14.4 Å². The van der Waals surface area contributed by atoms with Gasteiger partial charge in [-0.2, -0.15) is 0 Å². The van der Waals surface area contributed by atoms with Crippen molar-refractivity contribution in [1.82, 2.24) is 0 Å². The van der Waals surface area contributed by atoms with E-state index in [0.717, 1.165) is 36.0 Å². The number of benzene rings is 2. The zero-order chi connectivity index (χ0) is 33.1. The monoisotopic (exact) mass is 610 g/mol. The first kappa shape index (κ1) is 36.4. The Morgan fingerprint density at radius 1 is 0.773 bits per heavy atom. The summed E-state index contributed by atoms with van der Waals surface area (Å²) in [4.78, 5) is 37.4. The van der Waals surface area contributed by atoms with Crippen molar-refractivity contribution >= 4 is 23.8 Å². The number of hydrogen-bond donors (Lipinski definition) is 0. The number of aryl methyl sites for hydroxylation is 1. The molecule has 0 saturated heterocycles. The van der Waals surface area contributed by atoms with E-state index < -0.39 is 10.8 Å². The summed E-state index contributed by atoms with van der Waals surface area (Å²) >= 11 is 0. The lowest BCUT2D eigenvalue weighted by molar-refractivity contribution is -0.160. The maximum atomic E-state index is 13.1. The van der Waals surface area contributed by atoms with Gasteiger partial charge >= 0.3 is 11.9 Å². The van der Waals surface area contributed by atoms with Gasteiger partial charge in [0.25, 0.3) is 0 Å². The summed E-state index contributed by atoms with van der Waals surface area (Å²) in [7, 11) is 0. The molecule has 0 aliphatic heterocycles. The van der Waals surface area contributed by atoms with Gasteiger partial charge in [0.1, 0.15) is 17.2 Å². The largest absolute Gasteiger partial charge is 0.490 e. The van der Waals surface area contributed by atoms with Crippen molar-refractivity contribution < 1.29 is 38.1 Å². The first-order valence-electron chi connectivity index (χ1n) is 15.4. The van der Waals surface area contributed by atoms with Crippen molar-refractivity contribution in [2.24, 2.45) is 10.8 Å². The van der Waals surface area contributed by atoms with Crippen LogP contribution in [0.4, 0.5) is 0 Å². The average molecular weight is 611 g/mol. The van der Waals surface area contributed by atoms with Crippen molar-refractivity contribution in [2.75, 3.05) is 13.6 Å². The lowest BCUT2D eigenvalue weighted by atomic mass is 9.95. The SMILES string of the molecule is CCCc1cc(C=CC(=O)c2ccc(OCOC(=O)C(C)(C)C)cc2)c(OC(C)C)c(CCC)c1OCOC(=O)C(C)(C)C. The van der Waals surface area contributed by atoms with Crippen LogP contribution in [-0.2, 0) is 31.9 Å². The maximum absolute atomic E-state index is 13.1. The van der Waals surface area contributed by atoms with E-state index in [2.05, 4.69) is 13.8 Å². The van der Waals surface area contributed by atoms with Gasteiger partial charge < -0.3 is 23.7 Å². The molecule has 0 N–H and O–H groups in total. The molecule has 0 spiro atoms. The highest BCUT2D eigenvalue weighted by Crippen LogP contribution is 2.39. The smallest absolute Gasteiger partial charge is 0.314 e. The van der Waals surface area contributed by atoms with Gasteiger partial charge in [-0.05, 0) is 116 Å². The number of carbonyl (C=O) groups excluding carboxylic acids is 3. The van der Waals surface area contributed by atoms with Crippen molar-refractivity contribution in [1.29, 1.82) is 0 Å². The molecular weight excluding hydrogens is 560 g/mol. The van der Waals surface area contributed by atoms with Crippen LogP contribution in [0.5, 0.6) is 17.2 Å². The standard InChI is InChI=1S/C36H50O8/c1-11-13-26-21-27(17-20-30(37)25-15-18-28(19-16-25)40-22-42-33(38)35(5,6)7)32(44-24(3)4)29(14-12-2)31(26)41-23-43-34(39)36(8,9)10/h15-21,24H,11-14,22-23H2,1-10H3. The lowest BCUT2D eigenvalue weighted by Gasteiger charge is -2.23. The Hall–Kier alpha value is -3.81. The topological polar surface area (TPSA) is 97.4 Å². The Balaban J connectivity index is 2.34. The second kappa shape index (κ2) is 16.3. The van der Waals surface area contributed by atoms with E-state index in [4.69, 9.17) is 23.7 Å². The van der Waals surface area contributed by atoms with Crippen LogP contribution in [0.15, 0.2) is 36.4 Å². The Kier molecular flexibility index (Phi) is 13.5. The molecule has 242 valence electrons. The van der Waals surface area contributed by atoms with E-state index in [1.165, 1.54) is 6.08 Å². The second-order valence-electron chi connectivity index (χ2n) is 13.0. The Morgan fingerprint density at radius 3 is 1.82 bits per heavy atom. The van der Waals surface area contributed by atoms with Crippen molar-refractivity contribution in [3.05, 3.63) is 58.7 Å². The van der Waals surface area contributed by atoms with Crippen LogP contribution in [0, 0.1) is 10.8 Å². The first-order chi connectivity index (χ1) is 20.6. The van der Waals surface area contributed by atoms with Crippen LogP contribution in [-0.4, -0.2) is 37.4 Å². The quantitative estimate of drug-likeness (QED) is 0.0863. The third-order valence-corrected chi connectivity index (χ3v) is 6.39. The molecule has 0 fully saturated rings. The number of esters is 2. The highest BCUT2D eigenvalue weighted by atomic mass is 16.7. The molecule has 44 heavy (non-hydrogen) atoms. The molecule has 0 amide bonds. The molecular formula is C36H50O8. The summed E-state index contributed by atoms with van der Waals surface area (Å²) in [5.74, 6) is 0.913. The number of ether oxygens (including phenoxy) is 5. The fraction of sp³-hybridized carbons (Fsp3) is 0.528. The van der Waals surface area contributed by atoms with Gasteiger partial charge in [-0.15, -0.1) is 0 Å². The van der Waals surface area contributed by atoms with Crippen LogP contribution in [0.25, 0.3) is 6.08 Å². The third kappa shape index (κ3) is 11.0. The number of allylic oxidation sites excluding steroid dienone is 1. The van der Waals surface area contributed by atoms with E-state index in [-0.39, 0.29) is 37.4 Å². The molecule has 0 radical (unpaired) electrons. The molecule has 0 heterocycles. The van der Waals surface area contributed by atoms with Gasteiger partial charge in [0, 0.05) is 16.7 Å². The van der Waals surface area contributed by atoms with Gasteiger partial charge in [0.15, 0.2) is 5.78 Å². The summed E-state index contributed by atoms with van der Waals surface area (Å²) < 4.78 is 28.5. The zero-order valence-electron chi connectivity index (χ0n) is 28.1. The minimum atomic E-state index is -0.636. The first-order valence-corrected chi connectivity index (χ1v) is 15.4. The maximum Gasteiger partial charge on any atom is 0.314 e. The third-order valence-electron chi connectivity index (χ3n) is 6.39. The van der Waals surface area contributed by atoms with Crippen molar-refractivity contribution in [3.63, 3.8) is 0 Å². The van der Waals surface area contributed by atoms with Crippen molar-refractivity contribution in [2.45, 2.75) is 101 Å². The normalized spacial score (nSPS) is 11.9. The van der Waals surface area contributed by atoms with Gasteiger partial charge in [0.2, 0.25) is 13.6 Å². The molecule has 0 aliphatic rings. The van der Waals surface area contributed by atoms with Crippen molar-refractivity contribution in [3.8, 4) is 17.2 Å². The van der Waals surface area contributed by atoms with E-state index >= 15 is 0 Å². The molecule has 0 atom stereocenters. The van der Waals surface area contributed by atoms with E-state index in [1.54, 1.807) is 71.9 Å². The molecule has 2 aromatic carbocycles. The Labute approximate surface area is 263 Å². The van der Waals surface area contributed by atoms with Crippen LogP contribution in [0.3, 0.4) is 0 Å². The minimum Gasteiger partial charge on any atom is -0.490 e. The number of hydrogen-bond acceptors (Lipinski definition) is 8. The van der Waals surface area contributed by atoms with E-state index in [0.29, 0.717) is 29.2 Å². The van der Waals surface area contributed by atoms with Crippen LogP contribution < -0.4 is 14.2 Å².